The molecule has 2 amide bonds. The van der Waals surface area contributed by atoms with Gasteiger partial charge in [-0.25, -0.2) is 18.6 Å². The Morgan fingerprint density at radius 1 is 1.15 bits per heavy atom. The molecule has 166 valence electrons. The Bertz CT molecular complexity index is 1440. The first-order valence-electron chi connectivity index (χ1n) is 9.79. The zero-order valence-electron chi connectivity index (χ0n) is 17.1. The largest absolute Gasteiger partial charge is 0.453 e. The molecule has 4 aromatic rings. The fourth-order valence-electron chi connectivity index (χ4n) is 4.02. The number of methoxy groups -OCH3 is 1. The molecule has 5 rings (SSSR count). The van der Waals surface area contributed by atoms with E-state index in [0.717, 1.165) is 23.1 Å². The molecule has 0 saturated heterocycles. The molecule has 1 aliphatic rings. The number of anilines is 2. The van der Waals surface area contributed by atoms with Crippen LogP contribution in [0, 0.1) is 11.6 Å². The number of hydrogen-bond acceptors (Lipinski definition) is 5. The van der Waals surface area contributed by atoms with Gasteiger partial charge in [-0.1, -0.05) is 24.3 Å². The van der Waals surface area contributed by atoms with Crippen molar-refractivity contribution in [3.63, 3.8) is 0 Å². The molecule has 10 heteroatoms. The maximum atomic E-state index is 14.7. The molecular weight excluding hydrogens is 434 g/mol. The lowest BCUT2D eigenvalue weighted by atomic mass is 9.93. The van der Waals surface area contributed by atoms with Gasteiger partial charge in [0.25, 0.3) is 5.91 Å². The first-order valence-corrected chi connectivity index (χ1v) is 9.79. The molecule has 0 radical (unpaired) electrons. The molecule has 0 bridgehead atoms. The Labute approximate surface area is 185 Å². The van der Waals surface area contributed by atoms with Crippen LogP contribution >= 0.6 is 0 Å². The van der Waals surface area contributed by atoms with Crippen LogP contribution in [0.25, 0.3) is 11.0 Å². The second-order valence-corrected chi connectivity index (χ2v) is 7.39. The van der Waals surface area contributed by atoms with E-state index in [4.69, 9.17) is 0 Å². The van der Waals surface area contributed by atoms with Crippen molar-refractivity contribution in [2.24, 2.45) is 0 Å². The third kappa shape index (κ3) is 3.11. The lowest BCUT2D eigenvalue weighted by molar-refractivity contribution is 0.0698. The number of fused-ring (bicyclic) bond motifs is 2. The van der Waals surface area contributed by atoms with E-state index < -0.39 is 35.0 Å². The SMILES string of the molecule is COC(=O)Nc1nc2ccc(C3(O)c4ccccc4C(=O)N3c3cc(F)ccc3F)cc2[nH]1. The zero-order chi connectivity index (χ0) is 23.3. The number of aliphatic hydroxyl groups is 1. The Morgan fingerprint density at radius 2 is 1.94 bits per heavy atom. The van der Waals surface area contributed by atoms with Gasteiger partial charge in [0, 0.05) is 22.8 Å². The summed E-state index contributed by atoms with van der Waals surface area (Å²) in [6.07, 6.45) is -0.726. The van der Waals surface area contributed by atoms with Gasteiger partial charge in [-0.3, -0.25) is 15.0 Å². The highest BCUT2D eigenvalue weighted by atomic mass is 19.1. The topological polar surface area (TPSA) is 108 Å². The Kier molecular flexibility index (Phi) is 4.61. The molecular formula is C23H16F2N4O4. The molecule has 0 fully saturated rings. The number of aromatic amines is 1. The number of imidazole rings is 1. The summed E-state index contributed by atoms with van der Waals surface area (Å²) in [6, 6.07) is 13.6. The van der Waals surface area contributed by atoms with Crippen molar-refractivity contribution < 1.29 is 28.2 Å². The quantitative estimate of drug-likeness (QED) is 0.439. The number of nitrogens with one attached hydrogen (secondary N) is 2. The highest BCUT2D eigenvalue weighted by Gasteiger charge is 2.51. The zero-order valence-corrected chi connectivity index (χ0v) is 17.1. The minimum absolute atomic E-state index is 0.108. The van der Waals surface area contributed by atoms with E-state index in [9.17, 15) is 23.5 Å². The van der Waals surface area contributed by atoms with Crippen LogP contribution in [0.2, 0.25) is 0 Å². The summed E-state index contributed by atoms with van der Waals surface area (Å²) in [7, 11) is 1.21. The van der Waals surface area contributed by atoms with Crippen molar-refractivity contribution in [2.45, 2.75) is 5.72 Å². The second-order valence-electron chi connectivity index (χ2n) is 7.39. The maximum Gasteiger partial charge on any atom is 0.413 e. The third-order valence-corrected chi connectivity index (χ3v) is 5.50. The highest BCUT2D eigenvalue weighted by molar-refractivity contribution is 6.12. The van der Waals surface area contributed by atoms with Crippen LogP contribution in [0.5, 0.6) is 0 Å². The number of nitrogens with zero attached hydrogens (tertiary/aromatic N) is 2. The molecule has 3 aromatic carbocycles. The van der Waals surface area contributed by atoms with E-state index in [-0.39, 0.29) is 22.6 Å². The van der Waals surface area contributed by atoms with Crippen LogP contribution in [0.3, 0.4) is 0 Å². The highest BCUT2D eigenvalue weighted by Crippen LogP contribution is 2.46. The van der Waals surface area contributed by atoms with E-state index in [1.807, 2.05) is 0 Å². The van der Waals surface area contributed by atoms with Gasteiger partial charge in [-0.05, 0) is 30.3 Å². The molecule has 3 N–H and O–H groups in total. The van der Waals surface area contributed by atoms with Crippen LogP contribution in [0.4, 0.5) is 25.2 Å². The van der Waals surface area contributed by atoms with Crippen molar-refractivity contribution in [3.05, 3.63) is 89.0 Å². The number of ether oxygens (including phenoxy) is 1. The summed E-state index contributed by atoms with van der Waals surface area (Å²) >= 11 is 0. The first-order chi connectivity index (χ1) is 15.8. The van der Waals surface area contributed by atoms with Crippen molar-refractivity contribution in [2.75, 3.05) is 17.3 Å². The molecule has 0 saturated carbocycles. The van der Waals surface area contributed by atoms with Crippen LogP contribution in [0.1, 0.15) is 21.5 Å². The predicted molar refractivity (Wildman–Crippen MR) is 115 cm³/mol. The van der Waals surface area contributed by atoms with Gasteiger partial charge in [0.2, 0.25) is 5.95 Å². The number of rotatable bonds is 3. The molecule has 8 nitrogen and oxygen atoms in total. The number of carbonyl (C=O) groups is 2. The average Bonchev–Trinajstić information content (AvgIpc) is 3.31. The van der Waals surface area contributed by atoms with Gasteiger partial charge in [-0.15, -0.1) is 0 Å². The fraction of sp³-hybridized carbons (Fsp3) is 0.0870. The van der Waals surface area contributed by atoms with Gasteiger partial charge >= 0.3 is 6.09 Å². The average molecular weight is 450 g/mol. The van der Waals surface area contributed by atoms with E-state index in [1.165, 1.54) is 25.3 Å². The van der Waals surface area contributed by atoms with Crippen LogP contribution in [-0.2, 0) is 10.5 Å². The number of hydrogen-bond donors (Lipinski definition) is 3. The second kappa shape index (κ2) is 7.38. The minimum Gasteiger partial charge on any atom is -0.453 e. The summed E-state index contributed by atoms with van der Waals surface area (Å²) in [6.45, 7) is 0. The van der Waals surface area contributed by atoms with Crippen molar-refractivity contribution in [3.8, 4) is 0 Å². The normalized spacial score (nSPS) is 17.3. The van der Waals surface area contributed by atoms with Gasteiger partial charge in [0.15, 0.2) is 5.72 Å². The van der Waals surface area contributed by atoms with Crippen molar-refractivity contribution in [1.82, 2.24) is 9.97 Å². The van der Waals surface area contributed by atoms with Crippen LogP contribution < -0.4 is 10.2 Å². The molecule has 1 aliphatic heterocycles. The summed E-state index contributed by atoms with van der Waals surface area (Å²) in [5.74, 6) is -2.21. The standard InChI is InChI=1S/C23H16F2N4O4/c1-33-22(31)28-21-26-17-9-6-12(10-18(17)27-21)23(32)15-5-3-2-4-14(15)20(30)29(23)19-11-13(24)7-8-16(19)25/h2-11,32H,1H3,(H2,26,27,28,31). The molecule has 0 aliphatic carbocycles. The number of carbonyl (C=O) groups excluding carboxylic acids is 2. The number of benzene rings is 3. The fourth-order valence-corrected chi connectivity index (χ4v) is 4.02. The number of aromatic nitrogens is 2. The van der Waals surface area contributed by atoms with E-state index >= 15 is 0 Å². The van der Waals surface area contributed by atoms with Gasteiger partial charge in [0.05, 0.1) is 23.8 Å². The molecule has 1 aromatic heterocycles. The van der Waals surface area contributed by atoms with Crippen molar-refractivity contribution in [1.29, 1.82) is 0 Å². The Morgan fingerprint density at radius 3 is 2.73 bits per heavy atom. The van der Waals surface area contributed by atoms with Gasteiger partial charge in [0.1, 0.15) is 11.6 Å². The van der Waals surface area contributed by atoms with Crippen molar-refractivity contribution >= 4 is 34.7 Å². The number of amides is 2. The molecule has 1 unspecified atom stereocenters. The lowest BCUT2D eigenvalue weighted by Crippen LogP contribution is -2.45. The van der Waals surface area contributed by atoms with E-state index in [1.54, 1.807) is 24.3 Å². The summed E-state index contributed by atoms with van der Waals surface area (Å²) < 4.78 is 33.3. The molecule has 0 spiro atoms. The Hall–Kier alpha value is -4.31. The smallest absolute Gasteiger partial charge is 0.413 e. The Balaban J connectivity index is 1.70. The van der Waals surface area contributed by atoms with E-state index in [2.05, 4.69) is 20.0 Å². The summed E-state index contributed by atoms with van der Waals surface area (Å²) in [5, 5.41) is 14.4. The third-order valence-electron chi connectivity index (χ3n) is 5.50. The summed E-state index contributed by atoms with van der Waals surface area (Å²) in [5.41, 5.74) is -1.11. The molecule has 1 atom stereocenters. The summed E-state index contributed by atoms with van der Waals surface area (Å²) in [4.78, 5) is 32.7. The van der Waals surface area contributed by atoms with E-state index in [0.29, 0.717) is 11.0 Å². The number of halogens is 2. The molecule has 33 heavy (non-hydrogen) atoms. The lowest BCUT2D eigenvalue weighted by Gasteiger charge is -2.35. The monoisotopic (exact) mass is 450 g/mol. The van der Waals surface area contributed by atoms with Crippen LogP contribution in [0.15, 0.2) is 60.7 Å². The van der Waals surface area contributed by atoms with Crippen LogP contribution in [-0.4, -0.2) is 34.2 Å². The first kappa shape index (κ1) is 20.6. The predicted octanol–water partition coefficient (Wildman–Crippen LogP) is 3.87. The van der Waals surface area contributed by atoms with Gasteiger partial charge in [-0.2, -0.15) is 0 Å². The minimum atomic E-state index is -2.14. The number of H-pyrrole nitrogens is 1. The molecule has 2 heterocycles. The van der Waals surface area contributed by atoms with Gasteiger partial charge < -0.3 is 14.8 Å². The maximum absolute atomic E-state index is 14.7.